The van der Waals surface area contributed by atoms with Crippen LogP contribution in [0.25, 0.3) is 0 Å². The van der Waals surface area contributed by atoms with Crippen molar-refractivity contribution in [3.05, 3.63) is 185 Å². The molecular weight excluding hydrogens is 789 g/mol. The Morgan fingerprint density at radius 2 is 0.683 bits per heavy atom. The number of carbonyl (C=O) groups is 3. The van der Waals surface area contributed by atoms with Crippen molar-refractivity contribution in [1.82, 2.24) is 0 Å². The summed E-state index contributed by atoms with van der Waals surface area (Å²) in [5, 5.41) is 0. The van der Waals surface area contributed by atoms with E-state index < -0.39 is 12.3 Å². The van der Waals surface area contributed by atoms with E-state index in [-0.39, 0.29) is 22.2 Å². The summed E-state index contributed by atoms with van der Waals surface area (Å²) in [6.45, 7) is 6.40. The SMILES string of the molecule is CC(C)(C)c1ccc(OC(=O)Oc2ccc(C3(c4ccc(OC(=O)Oc5ccc(C6(c7ccc(OC(=O)c8ccccc8)cc7)CCCCC6)cc5)cc4)CCCCC3)cc2)cc1. The van der Waals surface area contributed by atoms with Gasteiger partial charge >= 0.3 is 18.3 Å². The lowest BCUT2D eigenvalue weighted by atomic mass is 9.65. The van der Waals surface area contributed by atoms with Crippen molar-refractivity contribution in [1.29, 1.82) is 0 Å². The number of hydrogen-bond donors (Lipinski definition) is 0. The van der Waals surface area contributed by atoms with Crippen LogP contribution in [0.5, 0.6) is 28.7 Å². The van der Waals surface area contributed by atoms with E-state index in [0.29, 0.717) is 34.3 Å². The van der Waals surface area contributed by atoms with Crippen LogP contribution in [-0.2, 0) is 16.2 Å². The van der Waals surface area contributed by atoms with Crippen molar-refractivity contribution in [2.45, 2.75) is 101 Å². The molecule has 0 aliphatic heterocycles. The Kier molecular flexibility index (Phi) is 12.8. The third kappa shape index (κ3) is 10.0. The lowest BCUT2D eigenvalue weighted by Gasteiger charge is -2.38. The first-order valence-electron chi connectivity index (χ1n) is 22.1. The highest BCUT2D eigenvalue weighted by atomic mass is 16.7. The summed E-state index contributed by atoms with van der Waals surface area (Å²) >= 11 is 0. The van der Waals surface area contributed by atoms with E-state index in [2.05, 4.69) is 32.9 Å². The predicted molar refractivity (Wildman–Crippen MR) is 243 cm³/mol. The first-order chi connectivity index (χ1) is 30.5. The fourth-order valence-electron chi connectivity index (χ4n) is 9.36. The fraction of sp³-hybridized carbons (Fsp3) is 0.291. The zero-order valence-corrected chi connectivity index (χ0v) is 36.3. The third-order valence-electron chi connectivity index (χ3n) is 12.8. The standard InChI is InChI=1S/C55H54O8/c1-53(2,3)40-15-25-46(26-16-40)60-51(57)61-47-31-21-43(22-32-47)55(37-11-6-12-38-55)44-23-33-49(34-24-44)63-52(58)62-48-29-19-42(20-30-48)54(35-9-5-10-36-54)41-17-27-45(28-18-41)59-50(56)39-13-7-4-8-14-39/h4,7-8,13-34H,5-6,9-12,35-38H2,1-3H3. The van der Waals surface area contributed by atoms with E-state index in [1.165, 1.54) is 12.8 Å². The van der Waals surface area contributed by atoms with Crippen molar-refractivity contribution in [3.8, 4) is 28.7 Å². The van der Waals surface area contributed by atoms with Gasteiger partial charge in [0.25, 0.3) is 0 Å². The highest BCUT2D eigenvalue weighted by Crippen LogP contribution is 2.47. The van der Waals surface area contributed by atoms with E-state index in [1.54, 1.807) is 24.3 Å². The van der Waals surface area contributed by atoms with Gasteiger partial charge in [-0.25, -0.2) is 14.4 Å². The molecule has 0 bridgehead atoms. The number of carbonyl (C=O) groups excluding carboxylic acids is 3. The molecule has 2 aliphatic rings. The molecule has 0 radical (unpaired) electrons. The number of hydrogen-bond acceptors (Lipinski definition) is 8. The maximum atomic E-state index is 13.1. The molecule has 0 amide bonds. The molecule has 2 aliphatic carbocycles. The van der Waals surface area contributed by atoms with Gasteiger partial charge in [0, 0.05) is 10.8 Å². The number of ether oxygens (including phenoxy) is 5. The van der Waals surface area contributed by atoms with Crippen molar-refractivity contribution in [2.75, 3.05) is 0 Å². The average Bonchev–Trinajstić information content (AvgIpc) is 3.30. The van der Waals surface area contributed by atoms with Gasteiger partial charge in [-0.3, -0.25) is 0 Å². The first kappa shape index (κ1) is 43.0. The van der Waals surface area contributed by atoms with Crippen LogP contribution in [0.15, 0.2) is 152 Å². The summed E-state index contributed by atoms with van der Waals surface area (Å²) in [7, 11) is 0. The Balaban J connectivity index is 0.889. The van der Waals surface area contributed by atoms with Gasteiger partial charge in [0.1, 0.15) is 28.7 Å². The Hall–Kier alpha value is -6.67. The summed E-state index contributed by atoms with van der Waals surface area (Å²) in [5.74, 6) is 1.73. The summed E-state index contributed by atoms with van der Waals surface area (Å²) in [6.07, 6.45) is 9.02. The maximum Gasteiger partial charge on any atom is 0.519 e. The van der Waals surface area contributed by atoms with Crippen molar-refractivity contribution < 1.29 is 38.1 Å². The minimum atomic E-state index is -0.813. The van der Waals surface area contributed by atoms with Crippen molar-refractivity contribution in [2.24, 2.45) is 0 Å². The zero-order valence-electron chi connectivity index (χ0n) is 36.3. The van der Waals surface area contributed by atoms with Gasteiger partial charge in [0.15, 0.2) is 0 Å². The van der Waals surface area contributed by atoms with Crippen LogP contribution >= 0.6 is 0 Å². The van der Waals surface area contributed by atoms with Crippen molar-refractivity contribution >= 4 is 18.3 Å². The highest BCUT2D eigenvalue weighted by Gasteiger charge is 2.37. The topological polar surface area (TPSA) is 97.4 Å². The van der Waals surface area contributed by atoms with Crippen LogP contribution in [-0.4, -0.2) is 18.3 Å². The predicted octanol–water partition coefficient (Wildman–Crippen LogP) is 13.9. The minimum absolute atomic E-state index is 0.00180. The van der Waals surface area contributed by atoms with Crippen LogP contribution in [0.3, 0.4) is 0 Å². The molecule has 63 heavy (non-hydrogen) atoms. The largest absolute Gasteiger partial charge is 0.519 e. The highest BCUT2D eigenvalue weighted by molar-refractivity contribution is 5.91. The molecule has 8 nitrogen and oxygen atoms in total. The van der Waals surface area contributed by atoms with E-state index >= 15 is 0 Å². The Morgan fingerprint density at radius 3 is 1.00 bits per heavy atom. The van der Waals surface area contributed by atoms with Gasteiger partial charge in [-0.15, -0.1) is 0 Å². The molecule has 0 unspecified atom stereocenters. The summed E-state index contributed by atoms with van der Waals surface area (Å²) in [6, 6.07) is 47.4. The quantitative estimate of drug-likeness (QED) is 0.0764. The molecule has 322 valence electrons. The molecule has 8 rings (SSSR count). The molecule has 0 atom stereocenters. The van der Waals surface area contributed by atoms with Gasteiger partial charge in [-0.2, -0.15) is 0 Å². The van der Waals surface area contributed by atoms with Crippen LogP contribution in [0.1, 0.15) is 123 Å². The second kappa shape index (κ2) is 18.7. The molecule has 2 saturated carbocycles. The third-order valence-corrected chi connectivity index (χ3v) is 12.8. The molecule has 2 fully saturated rings. The fourth-order valence-corrected chi connectivity index (χ4v) is 9.36. The second-order valence-electron chi connectivity index (χ2n) is 17.8. The van der Waals surface area contributed by atoms with E-state index in [1.807, 2.05) is 115 Å². The molecule has 8 heteroatoms. The lowest BCUT2D eigenvalue weighted by molar-refractivity contribution is 0.0734. The maximum absolute atomic E-state index is 13.1. The van der Waals surface area contributed by atoms with E-state index in [0.717, 1.165) is 79.2 Å². The van der Waals surface area contributed by atoms with Gasteiger partial charge in [-0.05, 0) is 132 Å². The summed E-state index contributed by atoms with van der Waals surface area (Å²) in [5.41, 5.74) is 5.78. The lowest BCUT2D eigenvalue weighted by Crippen LogP contribution is -2.30. The smallest absolute Gasteiger partial charge is 0.423 e. The van der Waals surface area contributed by atoms with Gasteiger partial charge in [0.05, 0.1) is 5.56 Å². The van der Waals surface area contributed by atoms with Crippen LogP contribution in [0.2, 0.25) is 0 Å². The molecule has 0 saturated heterocycles. The molecule has 0 spiro atoms. The van der Waals surface area contributed by atoms with Crippen LogP contribution < -0.4 is 23.7 Å². The number of rotatable bonds is 10. The summed E-state index contributed by atoms with van der Waals surface area (Å²) < 4.78 is 28.0. The van der Waals surface area contributed by atoms with Crippen molar-refractivity contribution in [3.63, 3.8) is 0 Å². The molecular formula is C55H54O8. The molecule has 6 aromatic rings. The zero-order chi connectivity index (χ0) is 43.9. The number of benzene rings is 6. The normalized spacial score (nSPS) is 15.7. The summed E-state index contributed by atoms with van der Waals surface area (Å²) in [4.78, 5) is 38.3. The molecule has 0 heterocycles. The monoisotopic (exact) mass is 842 g/mol. The van der Waals surface area contributed by atoms with Gasteiger partial charge in [0.2, 0.25) is 0 Å². The molecule has 0 N–H and O–H groups in total. The Bertz CT molecular complexity index is 2470. The second-order valence-corrected chi connectivity index (χ2v) is 17.8. The Labute approximate surface area is 370 Å². The molecule has 6 aromatic carbocycles. The first-order valence-corrected chi connectivity index (χ1v) is 22.1. The van der Waals surface area contributed by atoms with Crippen LogP contribution in [0.4, 0.5) is 9.59 Å². The Morgan fingerprint density at radius 1 is 0.381 bits per heavy atom. The number of esters is 1. The van der Waals surface area contributed by atoms with Gasteiger partial charge < -0.3 is 23.7 Å². The average molecular weight is 843 g/mol. The van der Waals surface area contributed by atoms with E-state index in [9.17, 15) is 14.4 Å². The van der Waals surface area contributed by atoms with Gasteiger partial charge in [-0.1, -0.05) is 138 Å². The minimum Gasteiger partial charge on any atom is -0.423 e. The molecule has 0 aromatic heterocycles. The van der Waals surface area contributed by atoms with E-state index in [4.69, 9.17) is 23.7 Å². The van der Waals surface area contributed by atoms with Crippen LogP contribution in [0, 0.1) is 0 Å².